The van der Waals surface area contributed by atoms with E-state index >= 15 is 0 Å². The number of carbonyl (C=O) groups is 2. The fourth-order valence-corrected chi connectivity index (χ4v) is 2.54. The average Bonchev–Trinajstić information content (AvgIpc) is 2.59. The monoisotopic (exact) mass is 360 g/mol. The maximum Gasteiger partial charge on any atom is 0.342 e. The van der Waals surface area contributed by atoms with Gasteiger partial charge in [0.2, 0.25) is 0 Å². The van der Waals surface area contributed by atoms with Crippen molar-refractivity contribution in [2.45, 2.75) is 117 Å². The zero-order valence-electron chi connectivity index (χ0n) is 16.4. The largest absolute Gasteiger partial charge is 0.481 e. The van der Waals surface area contributed by atoms with Crippen molar-refractivity contribution in [3.05, 3.63) is 0 Å². The number of unbranched alkanes of at least 4 members (excludes halogenated alkanes) is 12. The van der Waals surface area contributed by atoms with Gasteiger partial charge in [0.25, 0.3) is 0 Å². The van der Waals surface area contributed by atoms with Gasteiger partial charge in [-0.15, -0.1) is 0 Å². The Balaban J connectivity index is 0. The lowest BCUT2D eigenvalue weighted by Crippen LogP contribution is -1.97. The van der Waals surface area contributed by atoms with Crippen molar-refractivity contribution in [1.82, 2.24) is 0 Å². The zero-order chi connectivity index (χ0) is 19.2. The van der Waals surface area contributed by atoms with E-state index in [4.69, 9.17) is 10.4 Å². The summed E-state index contributed by atoms with van der Waals surface area (Å²) in [5, 5.41) is 16.1. The van der Waals surface area contributed by atoms with Crippen molar-refractivity contribution in [2.24, 2.45) is 0 Å². The van der Waals surface area contributed by atoms with Crippen LogP contribution in [0.3, 0.4) is 0 Å². The highest BCUT2D eigenvalue weighted by atomic mass is 17.1. The maximum absolute atomic E-state index is 10.3. The van der Waals surface area contributed by atoms with E-state index in [0.717, 1.165) is 12.8 Å². The van der Waals surface area contributed by atoms with Gasteiger partial charge in [0.1, 0.15) is 0 Å². The zero-order valence-corrected chi connectivity index (χ0v) is 16.4. The molecule has 0 aromatic heterocycles. The normalized spacial score (nSPS) is 10.0. The lowest BCUT2D eigenvalue weighted by molar-refractivity contribution is -0.234. The molecule has 0 bridgehead atoms. The van der Waals surface area contributed by atoms with Crippen LogP contribution in [0.15, 0.2) is 0 Å². The van der Waals surface area contributed by atoms with Crippen molar-refractivity contribution in [3.8, 4) is 0 Å². The second-order valence-electron chi connectivity index (χ2n) is 6.60. The Morgan fingerprint density at radius 1 is 0.640 bits per heavy atom. The Morgan fingerprint density at radius 3 is 1.32 bits per heavy atom. The van der Waals surface area contributed by atoms with E-state index in [1.807, 2.05) is 6.92 Å². The van der Waals surface area contributed by atoms with Crippen LogP contribution in [0, 0.1) is 0 Å². The van der Waals surface area contributed by atoms with E-state index < -0.39 is 11.9 Å². The molecule has 0 heterocycles. The molecule has 2 N–H and O–H groups in total. The van der Waals surface area contributed by atoms with Crippen LogP contribution >= 0.6 is 0 Å². The first kappa shape index (κ1) is 26.1. The molecule has 0 aromatic carbocycles. The Morgan fingerprint density at radius 2 is 1.04 bits per heavy atom. The van der Waals surface area contributed by atoms with Crippen LogP contribution < -0.4 is 0 Å². The van der Waals surface area contributed by atoms with Crippen molar-refractivity contribution in [1.29, 1.82) is 0 Å². The molecule has 5 nitrogen and oxygen atoms in total. The molecule has 0 amide bonds. The highest BCUT2D eigenvalue weighted by molar-refractivity contribution is 5.68. The van der Waals surface area contributed by atoms with Gasteiger partial charge in [-0.3, -0.25) is 4.79 Å². The van der Waals surface area contributed by atoms with Gasteiger partial charge in [0, 0.05) is 12.8 Å². The van der Waals surface area contributed by atoms with Crippen molar-refractivity contribution >= 4 is 11.9 Å². The molecule has 0 radical (unpaired) electrons. The summed E-state index contributed by atoms with van der Waals surface area (Å²) in [4.78, 5) is 23.6. The molecule has 0 unspecified atom stereocenters. The third kappa shape index (κ3) is 28.0. The van der Waals surface area contributed by atoms with E-state index in [-0.39, 0.29) is 6.42 Å². The molecular formula is C20H40O5. The second-order valence-corrected chi connectivity index (χ2v) is 6.60. The van der Waals surface area contributed by atoms with E-state index in [0.29, 0.717) is 12.8 Å². The third-order valence-corrected chi connectivity index (χ3v) is 4.05. The Kier molecular flexibility index (Phi) is 23.9. The highest BCUT2D eigenvalue weighted by Crippen LogP contribution is 2.12. The number of aliphatic carboxylic acids is 1. The summed E-state index contributed by atoms with van der Waals surface area (Å²) in [6.45, 7) is 4.09. The molecular weight excluding hydrogens is 320 g/mol. The maximum atomic E-state index is 10.3. The van der Waals surface area contributed by atoms with Crippen LogP contribution in [0.1, 0.15) is 117 Å². The van der Waals surface area contributed by atoms with Crippen LogP contribution in [0.25, 0.3) is 0 Å². The first-order chi connectivity index (χ1) is 12.1. The van der Waals surface area contributed by atoms with Gasteiger partial charge in [0.05, 0.1) is 0 Å². The number of hydrogen-bond acceptors (Lipinski definition) is 4. The van der Waals surface area contributed by atoms with Crippen LogP contribution in [-0.4, -0.2) is 22.3 Å². The first-order valence-corrected chi connectivity index (χ1v) is 10.1. The molecule has 0 aliphatic carbocycles. The molecule has 0 aliphatic rings. The van der Waals surface area contributed by atoms with Gasteiger partial charge in [-0.05, 0) is 12.8 Å². The standard InChI is InChI=1S/C16H32O2.C4H8O3/c1-2-3-4-5-6-7-8-9-10-11-12-13-14-15-16(17)18;1-2-3-4(5)7-6/h2-15H2,1H3,(H,17,18);6H,2-3H2,1H3. The van der Waals surface area contributed by atoms with Crippen LogP contribution in [0.4, 0.5) is 0 Å². The summed E-state index contributed by atoms with van der Waals surface area (Å²) in [5.41, 5.74) is 0. The van der Waals surface area contributed by atoms with Gasteiger partial charge in [-0.1, -0.05) is 90.9 Å². The van der Waals surface area contributed by atoms with Crippen molar-refractivity contribution in [2.75, 3.05) is 0 Å². The predicted molar refractivity (Wildman–Crippen MR) is 102 cm³/mol. The molecule has 25 heavy (non-hydrogen) atoms. The minimum Gasteiger partial charge on any atom is -0.481 e. The van der Waals surface area contributed by atoms with E-state index in [1.165, 1.54) is 70.6 Å². The highest BCUT2D eigenvalue weighted by Gasteiger charge is 1.97. The number of carbonyl (C=O) groups excluding carboxylic acids is 1. The molecule has 0 spiro atoms. The molecule has 0 fully saturated rings. The quantitative estimate of drug-likeness (QED) is 0.190. The minimum atomic E-state index is -0.655. The van der Waals surface area contributed by atoms with E-state index in [9.17, 15) is 9.59 Å². The first-order valence-electron chi connectivity index (χ1n) is 10.1. The molecule has 5 heteroatoms. The molecule has 0 saturated carbocycles. The topological polar surface area (TPSA) is 83.8 Å². The summed E-state index contributed by atoms with van der Waals surface area (Å²) < 4.78 is 0. The van der Waals surface area contributed by atoms with Crippen LogP contribution in [0.2, 0.25) is 0 Å². The van der Waals surface area contributed by atoms with Crippen LogP contribution in [-0.2, 0) is 14.5 Å². The van der Waals surface area contributed by atoms with Gasteiger partial charge in [-0.25, -0.2) is 4.79 Å². The fraction of sp³-hybridized carbons (Fsp3) is 0.900. The van der Waals surface area contributed by atoms with E-state index in [2.05, 4.69) is 11.8 Å². The van der Waals surface area contributed by atoms with Crippen molar-refractivity contribution in [3.63, 3.8) is 0 Å². The number of carboxylic acids is 1. The third-order valence-electron chi connectivity index (χ3n) is 4.05. The lowest BCUT2D eigenvalue weighted by atomic mass is 10.0. The number of hydrogen-bond donors (Lipinski definition) is 2. The number of rotatable bonds is 16. The molecule has 0 atom stereocenters. The number of carboxylic acid groups (broad SMARTS) is 1. The van der Waals surface area contributed by atoms with Gasteiger partial charge >= 0.3 is 11.9 Å². The lowest BCUT2D eigenvalue weighted by Gasteiger charge is -2.02. The minimum absolute atomic E-state index is 0.288. The summed E-state index contributed by atoms with van der Waals surface area (Å²) in [6.07, 6.45) is 18.3. The molecule has 0 saturated heterocycles. The predicted octanol–water partition coefficient (Wildman–Crippen LogP) is 6.36. The summed E-state index contributed by atoms with van der Waals surface area (Å²) in [6, 6.07) is 0. The van der Waals surface area contributed by atoms with E-state index in [1.54, 1.807) is 0 Å². The summed E-state index contributed by atoms with van der Waals surface area (Å²) in [7, 11) is 0. The average molecular weight is 361 g/mol. The van der Waals surface area contributed by atoms with Gasteiger partial charge in [0.15, 0.2) is 0 Å². The molecule has 150 valence electrons. The fourth-order valence-electron chi connectivity index (χ4n) is 2.54. The summed E-state index contributed by atoms with van der Waals surface area (Å²) in [5.74, 6) is -1.22. The summed E-state index contributed by atoms with van der Waals surface area (Å²) >= 11 is 0. The molecule has 0 rings (SSSR count). The molecule has 0 aliphatic heterocycles. The second kappa shape index (κ2) is 22.9. The SMILES string of the molecule is CCCC(=O)OO.CCCCCCCCCCCCCCCC(=O)O. The Bertz CT molecular complexity index is 292. The van der Waals surface area contributed by atoms with Gasteiger partial charge < -0.3 is 9.99 Å². The Labute approximate surface area is 154 Å². The Hall–Kier alpha value is -1.10. The smallest absolute Gasteiger partial charge is 0.342 e. The van der Waals surface area contributed by atoms with Crippen molar-refractivity contribution < 1.29 is 24.8 Å². The molecule has 0 aromatic rings. The van der Waals surface area contributed by atoms with Crippen LogP contribution in [0.5, 0.6) is 0 Å². The van der Waals surface area contributed by atoms with Gasteiger partial charge in [-0.2, -0.15) is 5.26 Å².